The summed E-state index contributed by atoms with van der Waals surface area (Å²) < 4.78 is 17.1. The summed E-state index contributed by atoms with van der Waals surface area (Å²) in [4.78, 5) is 23.4. The fourth-order valence-corrected chi connectivity index (χ4v) is 4.96. The zero-order valence-electron chi connectivity index (χ0n) is 17.7. The number of rotatable bonds is 5. The summed E-state index contributed by atoms with van der Waals surface area (Å²) >= 11 is 1.67. The highest BCUT2D eigenvalue weighted by atomic mass is 127. The lowest BCUT2D eigenvalue weighted by molar-refractivity contribution is -0.174. The Kier molecular flexibility index (Phi) is 6.91. The average Bonchev–Trinajstić information content (AvgIpc) is 2.60. The van der Waals surface area contributed by atoms with Gasteiger partial charge in [-0.05, 0) is 69.9 Å². The first-order valence-electron chi connectivity index (χ1n) is 10.2. The van der Waals surface area contributed by atoms with Gasteiger partial charge in [0.05, 0.1) is 22.6 Å². The monoisotopic (exact) mass is 512 g/mol. The number of esters is 1. The van der Waals surface area contributed by atoms with E-state index in [0.717, 1.165) is 48.1 Å². The molecule has 29 heavy (non-hydrogen) atoms. The van der Waals surface area contributed by atoms with E-state index in [-0.39, 0.29) is 27.7 Å². The molecule has 158 valence electrons. The van der Waals surface area contributed by atoms with Crippen molar-refractivity contribution in [1.82, 2.24) is 0 Å². The van der Waals surface area contributed by atoms with E-state index >= 15 is 0 Å². The zero-order chi connectivity index (χ0) is 21.3. The van der Waals surface area contributed by atoms with Gasteiger partial charge in [-0.2, -0.15) is 0 Å². The number of ether oxygens (including phenoxy) is 3. The standard InChI is InChI=1S/C23H29IO5/c1-12(2)7-6-8-17-16-10-9-13(3)19-18(28-23(24)26)11-14(4)21(20(16)19)29-22(17)27-15(5)25/h7,11,13,16-17,22H,6,8-10H2,1-5H3/t13-,16+,17+,22?/m1/s1. The third-order valence-corrected chi connectivity index (χ3v) is 6.13. The smallest absolute Gasteiger partial charge is 0.372 e. The molecule has 3 rings (SSSR count). The Morgan fingerprint density at radius 3 is 2.59 bits per heavy atom. The summed E-state index contributed by atoms with van der Waals surface area (Å²) in [7, 11) is 0. The fourth-order valence-electron chi connectivity index (χ4n) is 4.73. The second kappa shape index (κ2) is 9.06. The fraction of sp³-hybridized carbons (Fsp3) is 0.565. The summed E-state index contributed by atoms with van der Waals surface area (Å²) in [6.07, 6.45) is 5.41. The van der Waals surface area contributed by atoms with Crippen molar-refractivity contribution in [2.45, 2.75) is 78.4 Å². The first-order valence-corrected chi connectivity index (χ1v) is 11.3. The lowest BCUT2D eigenvalue weighted by Crippen LogP contribution is -2.41. The lowest BCUT2D eigenvalue weighted by atomic mass is 9.68. The summed E-state index contributed by atoms with van der Waals surface area (Å²) in [6, 6.07) is 1.87. The number of benzene rings is 1. The molecule has 1 aliphatic carbocycles. The third kappa shape index (κ3) is 4.78. The summed E-state index contributed by atoms with van der Waals surface area (Å²) in [6.45, 7) is 9.72. The van der Waals surface area contributed by atoms with Crippen molar-refractivity contribution in [3.63, 3.8) is 0 Å². The Bertz CT molecular complexity index is 840. The van der Waals surface area contributed by atoms with Crippen molar-refractivity contribution in [2.24, 2.45) is 5.92 Å². The van der Waals surface area contributed by atoms with Gasteiger partial charge in [-0.25, -0.2) is 4.79 Å². The molecule has 1 aromatic carbocycles. The van der Waals surface area contributed by atoms with E-state index in [2.05, 4.69) is 26.8 Å². The number of hydrogen-bond acceptors (Lipinski definition) is 5. The van der Waals surface area contributed by atoms with E-state index in [1.807, 2.05) is 13.0 Å². The molecule has 1 aromatic rings. The van der Waals surface area contributed by atoms with Crippen LogP contribution >= 0.6 is 22.6 Å². The van der Waals surface area contributed by atoms with Crippen LogP contribution in [-0.2, 0) is 9.53 Å². The predicted molar refractivity (Wildman–Crippen MR) is 120 cm³/mol. The Balaban J connectivity index is 2.09. The molecule has 0 amide bonds. The van der Waals surface area contributed by atoms with Crippen molar-refractivity contribution in [3.05, 3.63) is 34.4 Å². The molecule has 0 saturated heterocycles. The number of halogens is 1. The largest absolute Gasteiger partial charge is 0.454 e. The highest BCUT2D eigenvalue weighted by molar-refractivity contribution is 14.1. The van der Waals surface area contributed by atoms with Crippen molar-refractivity contribution in [1.29, 1.82) is 0 Å². The van der Waals surface area contributed by atoms with Gasteiger partial charge in [-0.1, -0.05) is 18.6 Å². The molecule has 1 heterocycles. The maximum absolute atomic E-state index is 11.8. The second-order valence-corrected chi connectivity index (χ2v) is 9.27. The van der Waals surface area contributed by atoms with Gasteiger partial charge >= 0.3 is 9.95 Å². The summed E-state index contributed by atoms with van der Waals surface area (Å²) in [5, 5.41) is 0. The van der Waals surface area contributed by atoms with Crippen LogP contribution in [0.2, 0.25) is 0 Å². The molecule has 0 saturated carbocycles. The van der Waals surface area contributed by atoms with Gasteiger partial charge in [0, 0.05) is 24.0 Å². The van der Waals surface area contributed by atoms with Crippen LogP contribution < -0.4 is 9.47 Å². The molecule has 0 bridgehead atoms. The van der Waals surface area contributed by atoms with Crippen LogP contribution in [0.4, 0.5) is 4.79 Å². The molecule has 2 aliphatic rings. The van der Waals surface area contributed by atoms with E-state index in [4.69, 9.17) is 14.2 Å². The van der Waals surface area contributed by atoms with Crippen molar-refractivity contribution in [3.8, 4) is 11.5 Å². The summed E-state index contributed by atoms with van der Waals surface area (Å²) in [5.74, 6) is 1.65. The van der Waals surface area contributed by atoms with E-state index in [1.54, 1.807) is 22.6 Å². The highest BCUT2D eigenvalue weighted by Crippen LogP contribution is 2.55. The van der Waals surface area contributed by atoms with Gasteiger partial charge in [-0.15, -0.1) is 0 Å². The first kappa shape index (κ1) is 22.1. The number of aryl methyl sites for hydroxylation is 1. The topological polar surface area (TPSA) is 61.8 Å². The van der Waals surface area contributed by atoms with Crippen LogP contribution in [0.25, 0.3) is 0 Å². The first-order chi connectivity index (χ1) is 13.7. The highest BCUT2D eigenvalue weighted by Gasteiger charge is 2.45. The molecule has 6 heteroatoms. The molecular formula is C23H29IO5. The lowest BCUT2D eigenvalue weighted by Gasteiger charge is -2.44. The minimum atomic E-state index is -0.589. The second-order valence-electron chi connectivity index (χ2n) is 8.39. The molecule has 1 aliphatic heterocycles. The minimum Gasteiger partial charge on any atom is -0.454 e. The molecule has 0 fully saturated rings. The van der Waals surface area contributed by atoms with Gasteiger partial charge in [0.2, 0.25) is 6.29 Å². The Morgan fingerprint density at radius 2 is 1.97 bits per heavy atom. The van der Waals surface area contributed by atoms with E-state index in [1.165, 1.54) is 12.5 Å². The maximum Gasteiger partial charge on any atom is 0.372 e. The minimum absolute atomic E-state index is 0.0678. The van der Waals surface area contributed by atoms with E-state index in [0.29, 0.717) is 5.75 Å². The SMILES string of the molecule is CC(=O)OC1Oc2c(C)cc(OC(=O)I)c3c2[C@@H](CC[C@H]3C)[C@@H]1CCC=C(C)C. The van der Waals surface area contributed by atoms with Crippen molar-refractivity contribution >= 4 is 32.5 Å². The molecule has 5 nitrogen and oxygen atoms in total. The van der Waals surface area contributed by atoms with Gasteiger partial charge in [-0.3, -0.25) is 4.79 Å². The van der Waals surface area contributed by atoms with Crippen molar-refractivity contribution in [2.75, 3.05) is 0 Å². The van der Waals surface area contributed by atoms with Gasteiger partial charge in [0.25, 0.3) is 0 Å². The van der Waals surface area contributed by atoms with Gasteiger partial charge in [0.15, 0.2) is 0 Å². The predicted octanol–water partition coefficient (Wildman–Crippen LogP) is 6.55. The molecular weight excluding hydrogens is 483 g/mol. The van der Waals surface area contributed by atoms with E-state index < -0.39 is 6.29 Å². The Hall–Kier alpha value is -1.57. The van der Waals surface area contributed by atoms with Crippen LogP contribution in [0.3, 0.4) is 0 Å². The van der Waals surface area contributed by atoms with Crippen LogP contribution in [0.1, 0.15) is 81.9 Å². The summed E-state index contributed by atoms with van der Waals surface area (Å²) in [5.41, 5.74) is 4.38. The maximum atomic E-state index is 11.8. The van der Waals surface area contributed by atoms with Crippen molar-refractivity contribution < 1.29 is 23.8 Å². The quantitative estimate of drug-likeness (QED) is 0.194. The third-order valence-electron chi connectivity index (χ3n) is 5.91. The number of allylic oxidation sites excluding steroid dienone is 2. The van der Waals surface area contributed by atoms with Gasteiger partial charge < -0.3 is 14.2 Å². The molecule has 1 unspecified atom stereocenters. The van der Waals surface area contributed by atoms with E-state index in [9.17, 15) is 9.59 Å². The normalized spacial score (nSPS) is 24.8. The Morgan fingerprint density at radius 1 is 1.24 bits per heavy atom. The zero-order valence-corrected chi connectivity index (χ0v) is 19.9. The molecule has 0 aromatic heterocycles. The van der Waals surface area contributed by atoms with Crippen LogP contribution in [0.5, 0.6) is 11.5 Å². The van der Waals surface area contributed by atoms with Gasteiger partial charge in [0.1, 0.15) is 11.5 Å². The van der Waals surface area contributed by atoms with Crippen LogP contribution in [0.15, 0.2) is 17.7 Å². The molecule has 0 N–H and O–H groups in total. The van der Waals surface area contributed by atoms with Crippen LogP contribution in [0, 0.1) is 12.8 Å². The molecule has 0 spiro atoms. The molecule has 0 radical (unpaired) electrons. The average molecular weight is 512 g/mol. The number of hydrogen-bond donors (Lipinski definition) is 0. The molecule has 4 atom stereocenters. The number of carbonyl (C=O) groups excluding carboxylic acids is 2. The Labute approximate surface area is 186 Å². The number of carbonyl (C=O) groups is 2. The van der Waals surface area contributed by atoms with Crippen LogP contribution in [-0.4, -0.2) is 16.2 Å².